The lowest BCUT2D eigenvalue weighted by molar-refractivity contribution is 0.419. The zero-order chi connectivity index (χ0) is 6.53. The van der Waals surface area contributed by atoms with Gasteiger partial charge in [-0.2, -0.15) is 0 Å². The molecule has 0 atom stereocenters. The molecule has 0 aliphatic heterocycles. The Balaban J connectivity index is 2.67. The minimum Gasteiger partial charge on any atom is -0.363 e. The number of hydrogen-bond acceptors (Lipinski definition) is 2. The van der Waals surface area contributed by atoms with Gasteiger partial charge >= 0.3 is 0 Å². The number of rotatable bonds is 0. The fourth-order valence-electron chi connectivity index (χ4n) is 0.402. The van der Waals surface area contributed by atoms with Crippen molar-refractivity contribution in [2.75, 3.05) is 5.33 Å². The van der Waals surface area contributed by atoms with Crippen molar-refractivity contribution in [2.45, 2.75) is 0 Å². The van der Waals surface area contributed by atoms with Gasteiger partial charge in [-0.1, -0.05) is 32.9 Å². The van der Waals surface area contributed by atoms with Crippen molar-refractivity contribution in [3.05, 3.63) is 18.0 Å². The topological polar surface area (TPSA) is 26.0 Å². The van der Waals surface area contributed by atoms with Crippen molar-refractivity contribution in [3.8, 4) is 11.8 Å². The molecule has 0 N–H and O–H groups in total. The lowest BCUT2D eigenvalue weighted by Crippen LogP contribution is -1.64. The van der Waals surface area contributed by atoms with Crippen molar-refractivity contribution < 1.29 is 4.52 Å². The van der Waals surface area contributed by atoms with Gasteiger partial charge in [0, 0.05) is 0 Å². The molecule has 0 unspecified atom stereocenters. The second-order valence-electron chi connectivity index (χ2n) is 1.35. The molecule has 0 saturated heterocycles. The third-order valence-electron chi connectivity index (χ3n) is 0.732. The van der Waals surface area contributed by atoms with Crippen LogP contribution in [0, 0.1) is 11.8 Å². The van der Waals surface area contributed by atoms with Gasteiger partial charge in [0.2, 0.25) is 0 Å². The van der Waals surface area contributed by atoms with Crippen LogP contribution >= 0.6 is 15.9 Å². The van der Waals surface area contributed by atoms with Gasteiger partial charge in [-0.3, -0.25) is 0 Å². The molecule has 1 aromatic heterocycles. The molecule has 1 rings (SSSR count). The van der Waals surface area contributed by atoms with Crippen molar-refractivity contribution in [3.63, 3.8) is 0 Å². The first kappa shape index (κ1) is 6.37. The third-order valence-corrected chi connectivity index (χ3v) is 1.01. The highest BCUT2D eigenvalue weighted by Gasteiger charge is 1.84. The summed E-state index contributed by atoms with van der Waals surface area (Å²) in [5, 5.41) is 4.16. The van der Waals surface area contributed by atoms with E-state index < -0.39 is 0 Å². The predicted octanol–water partition coefficient (Wildman–Crippen LogP) is 1.42. The largest absolute Gasteiger partial charge is 0.363 e. The van der Waals surface area contributed by atoms with Crippen LogP contribution in [0.25, 0.3) is 0 Å². The molecule has 0 aromatic carbocycles. The van der Waals surface area contributed by atoms with Crippen LogP contribution in [0.1, 0.15) is 5.56 Å². The number of alkyl halides is 1. The summed E-state index contributed by atoms with van der Waals surface area (Å²) in [5.41, 5.74) is 0.814. The molecule has 1 heterocycles. The van der Waals surface area contributed by atoms with Crippen molar-refractivity contribution in [2.24, 2.45) is 0 Å². The summed E-state index contributed by atoms with van der Waals surface area (Å²) in [6.45, 7) is 0. The van der Waals surface area contributed by atoms with E-state index in [-0.39, 0.29) is 0 Å². The quantitative estimate of drug-likeness (QED) is 0.452. The van der Waals surface area contributed by atoms with Gasteiger partial charge in [0.1, 0.15) is 6.26 Å². The van der Waals surface area contributed by atoms with Gasteiger partial charge in [-0.05, 0) is 0 Å². The molecule has 2 nitrogen and oxygen atoms in total. The van der Waals surface area contributed by atoms with Crippen molar-refractivity contribution >= 4 is 15.9 Å². The monoisotopic (exact) mass is 185 g/mol. The van der Waals surface area contributed by atoms with Crippen molar-refractivity contribution in [1.82, 2.24) is 5.16 Å². The summed E-state index contributed by atoms with van der Waals surface area (Å²) < 4.78 is 4.54. The summed E-state index contributed by atoms with van der Waals surface area (Å²) in [6.07, 6.45) is 3.09. The highest BCUT2D eigenvalue weighted by molar-refractivity contribution is 9.09. The summed E-state index contributed by atoms with van der Waals surface area (Å²) >= 11 is 3.17. The Hall–Kier alpha value is -0.750. The summed E-state index contributed by atoms with van der Waals surface area (Å²) in [4.78, 5) is 0. The molecular formula is C6H4BrNO. The van der Waals surface area contributed by atoms with E-state index in [0.717, 1.165) is 5.56 Å². The smallest absolute Gasteiger partial charge is 0.139 e. The highest BCUT2D eigenvalue weighted by Crippen LogP contribution is 1.91. The van der Waals surface area contributed by atoms with Gasteiger partial charge in [-0.15, -0.1) is 0 Å². The molecular weight excluding hydrogens is 182 g/mol. The summed E-state index contributed by atoms with van der Waals surface area (Å²) in [7, 11) is 0. The first-order valence-electron chi connectivity index (χ1n) is 2.37. The third kappa shape index (κ3) is 1.90. The molecule has 3 heteroatoms. The van der Waals surface area contributed by atoms with Crippen molar-refractivity contribution in [1.29, 1.82) is 0 Å². The van der Waals surface area contributed by atoms with Crippen LogP contribution in [0.3, 0.4) is 0 Å². The normalized spacial score (nSPS) is 8.11. The maximum atomic E-state index is 4.54. The standard InChI is InChI=1S/C6H4BrNO/c7-3-1-2-6-4-8-9-5-6/h4-5H,3H2. The number of nitrogens with zero attached hydrogens (tertiary/aromatic N) is 1. The van der Waals surface area contributed by atoms with Gasteiger partial charge in [0.05, 0.1) is 17.1 Å². The Morgan fingerprint density at radius 3 is 3.22 bits per heavy atom. The van der Waals surface area contributed by atoms with E-state index in [1.165, 1.54) is 6.26 Å². The van der Waals surface area contributed by atoms with Gasteiger partial charge in [0.15, 0.2) is 0 Å². The van der Waals surface area contributed by atoms with Gasteiger partial charge in [0.25, 0.3) is 0 Å². The van der Waals surface area contributed by atoms with Gasteiger partial charge < -0.3 is 4.52 Å². The zero-order valence-corrected chi connectivity index (χ0v) is 6.18. The predicted molar refractivity (Wildman–Crippen MR) is 37.2 cm³/mol. The molecule has 0 spiro atoms. The van der Waals surface area contributed by atoms with E-state index in [1.807, 2.05) is 0 Å². The van der Waals surface area contributed by atoms with Crippen LogP contribution in [0.4, 0.5) is 0 Å². The molecule has 0 aliphatic carbocycles. The van der Waals surface area contributed by atoms with E-state index in [1.54, 1.807) is 6.20 Å². The molecule has 0 amide bonds. The molecule has 1 aromatic rings. The first-order valence-corrected chi connectivity index (χ1v) is 3.50. The van der Waals surface area contributed by atoms with E-state index in [2.05, 4.69) is 37.5 Å². The second kappa shape index (κ2) is 3.31. The van der Waals surface area contributed by atoms with Crippen LogP contribution in [-0.4, -0.2) is 10.5 Å². The maximum Gasteiger partial charge on any atom is 0.139 e. The van der Waals surface area contributed by atoms with Crippen LogP contribution in [-0.2, 0) is 0 Å². The summed E-state index contributed by atoms with van der Waals surface area (Å²) in [6, 6.07) is 0. The average molecular weight is 186 g/mol. The molecule has 0 aliphatic rings. The molecule has 9 heavy (non-hydrogen) atoms. The van der Waals surface area contributed by atoms with Crippen LogP contribution < -0.4 is 0 Å². The minimum absolute atomic E-state index is 0.679. The number of aromatic nitrogens is 1. The molecule has 0 radical (unpaired) electrons. The lowest BCUT2D eigenvalue weighted by Gasteiger charge is -1.68. The molecule has 0 bridgehead atoms. The Morgan fingerprint density at radius 1 is 1.78 bits per heavy atom. The Kier molecular flexibility index (Phi) is 2.34. The SMILES string of the molecule is BrCC#Cc1cnoc1. The molecule has 46 valence electrons. The highest BCUT2D eigenvalue weighted by atomic mass is 79.9. The van der Waals surface area contributed by atoms with Crippen LogP contribution in [0.15, 0.2) is 17.0 Å². The second-order valence-corrected chi connectivity index (χ2v) is 1.91. The fraction of sp³-hybridized carbons (Fsp3) is 0.167. The first-order chi connectivity index (χ1) is 4.43. The molecule has 0 fully saturated rings. The number of halogens is 1. The maximum absolute atomic E-state index is 4.54. The van der Waals surface area contributed by atoms with E-state index >= 15 is 0 Å². The number of hydrogen-bond donors (Lipinski definition) is 0. The Bertz CT molecular complexity index is 219. The zero-order valence-electron chi connectivity index (χ0n) is 4.60. The Labute approximate surface area is 61.4 Å². The van der Waals surface area contributed by atoms with E-state index in [0.29, 0.717) is 5.33 Å². The fourth-order valence-corrected chi connectivity index (χ4v) is 0.542. The van der Waals surface area contributed by atoms with E-state index in [4.69, 9.17) is 0 Å². The van der Waals surface area contributed by atoms with Crippen LogP contribution in [0.5, 0.6) is 0 Å². The lowest BCUT2D eigenvalue weighted by atomic mass is 10.4. The summed E-state index contributed by atoms with van der Waals surface area (Å²) in [5.74, 6) is 5.64. The van der Waals surface area contributed by atoms with Gasteiger partial charge in [-0.25, -0.2) is 0 Å². The Morgan fingerprint density at radius 2 is 2.67 bits per heavy atom. The van der Waals surface area contributed by atoms with Crippen LogP contribution in [0.2, 0.25) is 0 Å². The average Bonchev–Trinajstić information content (AvgIpc) is 2.34. The minimum atomic E-state index is 0.679. The van der Waals surface area contributed by atoms with E-state index in [9.17, 15) is 0 Å². The molecule has 0 saturated carbocycles.